The van der Waals surface area contributed by atoms with Crippen LogP contribution in [0.1, 0.15) is 27.9 Å². The van der Waals surface area contributed by atoms with E-state index >= 15 is 0 Å². The average molecular weight is 514 g/mol. The third kappa shape index (κ3) is 7.81. The zero-order valence-corrected chi connectivity index (χ0v) is 20.4. The number of hydrogen-bond acceptors (Lipinski definition) is 7. The number of rotatable bonds is 11. The van der Waals surface area contributed by atoms with Gasteiger partial charge in [-0.2, -0.15) is 30.0 Å². The number of alkyl halides is 3. The third-order valence-corrected chi connectivity index (χ3v) is 5.43. The van der Waals surface area contributed by atoms with Crippen LogP contribution in [0.25, 0.3) is 0 Å². The molecule has 0 saturated heterocycles. The molecule has 0 bridgehead atoms. The maximum absolute atomic E-state index is 12.8. The zero-order chi connectivity index (χ0) is 26.0. The highest BCUT2D eigenvalue weighted by Crippen LogP contribution is 2.37. The summed E-state index contributed by atoms with van der Waals surface area (Å²) < 4.78 is 54.1. The van der Waals surface area contributed by atoms with Crippen molar-refractivity contribution in [3.63, 3.8) is 0 Å². The zero-order valence-electron chi connectivity index (χ0n) is 19.6. The number of carbonyl (C=O) groups excluding carboxylic acids is 2. The van der Waals surface area contributed by atoms with Crippen LogP contribution in [0.15, 0.2) is 41.5 Å². The summed E-state index contributed by atoms with van der Waals surface area (Å²) >= 11 is 1.47. The first-order chi connectivity index (χ1) is 16.6. The van der Waals surface area contributed by atoms with Crippen molar-refractivity contribution in [2.24, 2.45) is 5.10 Å². The van der Waals surface area contributed by atoms with Crippen LogP contribution in [-0.4, -0.2) is 57.4 Å². The number of ether oxygens (including phenoxy) is 3. The van der Waals surface area contributed by atoms with E-state index in [1.54, 1.807) is 12.1 Å². The molecular weight excluding hydrogens is 487 g/mol. The molecule has 1 unspecified atom stereocenters. The van der Waals surface area contributed by atoms with Gasteiger partial charge in [-0.15, -0.1) is 0 Å². The molecule has 2 aromatic rings. The number of carbonyl (C=O) groups is 2. The second-order valence-corrected chi connectivity index (χ2v) is 8.06. The Bertz CT molecular complexity index is 1020. The Morgan fingerprint density at radius 3 is 2.14 bits per heavy atom. The first-order valence-corrected chi connectivity index (χ1v) is 11.6. The number of hydrazone groups is 1. The van der Waals surface area contributed by atoms with E-state index < -0.39 is 29.6 Å². The van der Waals surface area contributed by atoms with Crippen LogP contribution in [0.3, 0.4) is 0 Å². The molecular formula is C23H26F3N3O5S. The van der Waals surface area contributed by atoms with Crippen LogP contribution < -0.4 is 25.0 Å². The normalized spacial score (nSPS) is 12.2. The van der Waals surface area contributed by atoms with Gasteiger partial charge in [-0.05, 0) is 54.8 Å². The Labute approximate surface area is 205 Å². The van der Waals surface area contributed by atoms with Gasteiger partial charge in [0.05, 0.1) is 33.1 Å². The predicted molar refractivity (Wildman–Crippen MR) is 128 cm³/mol. The summed E-state index contributed by atoms with van der Waals surface area (Å²) in [6.45, 7) is 0. The SMILES string of the molecule is COc1cc(C=NNC(=O)C(CCSC)NC(=O)c2ccc(C(F)(F)F)cc2)cc(OC)c1OC. The minimum atomic E-state index is -4.51. The van der Waals surface area contributed by atoms with Gasteiger partial charge < -0.3 is 19.5 Å². The lowest BCUT2D eigenvalue weighted by Gasteiger charge is -2.17. The Balaban J connectivity index is 2.11. The van der Waals surface area contributed by atoms with E-state index in [2.05, 4.69) is 15.8 Å². The molecule has 0 fully saturated rings. The summed E-state index contributed by atoms with van der Waals surface area (Å²) in [7, 11) is 4.41. The fourth-order valence-electron chi connectivity index (χ4n) is 2.98. The van der Waals surface area contributed by atoms with Gasteiger partial charge in [-0.1, -0.05) is 0 Å². The molecule has 0 aromatic heterocycles. The van der Waals surface area contributed by atoms with Gasteiger partial charge in [0.15, 0.2) is 11.5 Å². The van der Waals surface area contributed by atoms with Gasteiger partial charge in [0, 0.05) is 11.1 Å². The maximum Gasteiger partial charge on any atom is 0.416 e. The largest absolute Gasteiger partial charge is 0.493 e. The Morgan fingerprint density at radius 1 is 1.06 bits per heavy atom. The monoisotopic (exact) mass is 513 g/mol. The van der Waals surface area contributed by atoms with Crippen LogP contribution in [0.5, 0.6) is 17.2 Å². The minimum absolute atomic E-state index is 0.000811. The first kappa shape index (κ1) is 27.8. The molecule has 2 aromatic carbocycles. The first-order valence-electron chi connectivity index (χ1n) is 10.2. The number of nitrogens with zero attached hydrogens (tertiary/aromatic N) is 1. The smallest absolute Gasteiger partial charge is 0.416 e. The van der Waals surface area contributed by atoms with Crippen molar-refractivity contribution in [2.45, 2.75) is 18.6 Å². The number of benzene rings is 2. The summed E-state index contributed by atoms with van der Waals surface area (Å²) in [4.78, 5) is 25.2. The van der Waals surface area contributed by atoms with Crippen LogP contribution >= 0.6 is 11.8 Å². The molecule has 2 rings (SSSR count). The van der Waals surface area contributed by atoms with Crippen molar-refractivity contribution >= 4 is 29.8 Å². The quantitative estimate of drug-likeness (QED) is 0.351. The fourth-order valence-corrected chi connectivity index (χ4v) is 3.45. The van der Waals surface area contributed by atoms with E-state index in [9.17, 15) is 22.8 Å². The molecule has 190 valence electrons. The summed E-state index contributed by atoms with van der Waals surface area (Å²) in [5.74, 6) is 0.514. The van der Waals surface area contributed by atoms with E-state index in [0.717, 1.165) is 24.3 Å². The summed E-state index contributed by atoms with van der Waals surface area (Å²) in [6, 6.07) is 6.06. The Morgan fingerprint density at radius 2 is 1.66 bits per heavy atom. The second-order valence-electron chi connectivity index (χ2n) is 7.08. The Hall–Kier alpha value is -3.41. The van der Waals surface area contributed by atoms with E-state index in [0.29, 0.717) is 35.0 Å². The molecule has 2 amide bonds. The van der Waals surface area contributed by atoms with Gasteiger partial charge in [-0.3, -0.25) is 9.59 Å². The van der Waals surface area contributed by atoms with Crippen molar-refractivity contribution in [1.29, 1.82) is 0 Å². The van der Waals surface area contributed by atoms with Crippen LogP contribution in [0.4, 0.5) is 13.2 Å². The van der Waals surface area contributed by atoms with Crippen molar-refractivity contribution in [3.8, 4) is 17.2 Å². The third-order valence-electron chi connectivity index (χ3n) is 4.78. The molecule has 0 aliphatic rings. The summed E-state index contributed by atoms with van der Waals surface area (Å²) in [6.07, 6.45) is -1.01. The molecule has 0 heterocycles. The van der Waals surface area contributed by atoms with Gasteiger partial charge in [0.25, 0.3) is 11.8 Å². The van der Waals surface area contributed by atoms with Crippen LogP contribution in [0.2, 0.25) is 0 Å². The molecule has 0 saturated carbocycles. The van der Waals surface area contributed by atoms with E-state index in [-0.39, 0.29) is 5.56 Å². The number of thioether (sulfide) groups is 1. The molecule has 0 aliphatic carbocycles. The topological polar surface area (TPSA) is 98.2 Å². The van der Waals surface area contributed by atoms with Gasteiger partial charge in [-0.25, -0.2) is 5.43 Å². The fraction of sp³-hybridized carbons (Fsp3) is 0.348. The predicted octanol–water partition coefficient (Wildman–Crippen LogP) is 3.73. The molecule has 2 N–H and O–H groups in total. The lowest BCUT2D eigenvalue weighted by molar-refractivity contribution is -0.137. The van der Waals surface area contributed by atoms with Crippen molar-refractivity contribution in [2.75, 3.05) is 33.3 Å². The molecule has 1 atom stereocenters. The van der Waals surface area contributed by atoms with Crippen molar-refractivity contribution in [1.82, 2.24) is 10.7 Å². The molecule has 35 heavy (non-hydrogen) atoms. The standard InChI is InChI=1S/C23H26F3N3O5S/c1-32-18-11-14(12-19(33-2)20(18)34-3)13-27-29-22(31)17(9-10-35-4)28-21(30)15-5-7-16(8-6-15)23(24,25)26/h5-8,11-13,17H,9-10H2,1-4H3,(H,28,30)(H,29,31). The van der Waals surface area contributed by atoms with Crippen molar-refractivity contribution in [3.05, 3.63) is 53.1 Å². The molecule has 8 nitrogen and oxygen atoms in total. The highest BCUT2D eigenvalue weighted by atomic mass is 32.2. The molecule has 12 heteroatoms. The highest BCUT2D eigenvalue weighted by molar-refractivity contribution is 7.98. The van der Waals surface area contributed by atoms with Crippen LogP contribution in [0, 0.1) is 0 Å². The Kier molecular flexibility index (Phi) is 10.2. The number of halogens is 3. The number of hydrogen-bond donors (Lipinski definition) is 2. The van der Waals surface area contributed by atoms with Gasteiger partial charge in [0.2, 0.25) is 5.75 Å². The minimum Gasteiger partial charge on any atom is -0.493 e. The lowest BCUT2D eigenvalue weighted by Crippen LogP contribution is -2.45. The van der Waals surface area contributed by atoms with E-state index in [1.807, 2.05) is 6.26 Å². The number of methoxy groups -OCH3 is 3. The molecule has 0 spiro atoms. The van der Waals surface area contributed by atoms with Gasteiger partial charge in [0.1, 0.15) is 6.04 Å². The van der Waals surface area contributed by atoms with Gasteiger partial charge >= 0.3 is 6.18 Å². The summed E-state index contributed by atoms with van der Waals surface area (Å²) in [5.41, 5.74) is 2.06. The second kappa shape index (κ2) is 12.9. The van der Waals surface area contributed by atoms with Crippen molar-refractivity contribution < 1.29 is 37.0 Å². The van der Waals surface area contributed by atoms with Crippen LogP contribution in [-0.2, 0) is 11.0 Å². The molecule has 0 radical (unpaired) electrons. The van der Waals surface area contributed by atoms with E-state index in [1.165, 1.54) is 39.3 Å². The number of amides is 2. The van der Waals surface area contributed by atoms with E-state index in [4.69, 9.17) is 14.2 Å². The maximum atomic E-state index is 12.8. The highest BCUT2D eigenvalue weighted by Gasteiger charge is 2.30. The number of nitrogens with one attached hydrogen (secondary N) is 2. The average Bonchev–Trinajstić information content (AvgIpc) is 2.85. The summed E-state index contributed by atoms with van der Waals surface area (Å²) in [5, 5.41) is 6.49. The molecule has 0 aliphatic heterocycles. The lowest BCUT2D eigenvalue weighted by atomic mass is 10.1.